The fraction of sp³-hybridized carbons (Fsp3) is 0.625. The van der Waals surface area contributed by atoms with E-state index < -0.39 is 35.2 Å². The van der Waals surface area contributed by atoms with Gasteiger partial charge in [0.2, 0.25) is 0 Å². The van der Waals surface area contributed by atoms with Gasteiger partial charge in [0, 0.05) is 30.9 Å². The molecule has 1 aromatic rings. The van der Waals surface area contributed by atoms with Gasteiger partial charge in [0.1, 0.15) is 17.2 Å². The highest BCUT2D eigenvalue weighted by Crippen LogP contribution is 2.18. The summed E-state index contributed by atoms with van der Waals surface area (Å²) >= 11 is 0. The molecule has 2 amide bonds. The molecule has 0 saturated carbocycles. The molecular formula is C24H39N3O7. The molecular weight excluding hydrogens is 442 g/mol. The highest BCUT2D eigenvalue weighted by Gasteiger charge is 2.28. The third kappa shape index (κ3) is 11.9. The minimum atomic E-state index is -1.05. The van der Waals surface area contributed by atoms with E-state index in [4.69, 9.17) is 9.47 Å². The third-order valence-electron chi connectivity index (χ3n) is 4.28. The van der Waals surface area contributed by atoms with Gasteiger partial charge in [-0.15, -0.1) is 0 Å². The molecule has 192 valence electrons. The van der Waals surface area contributed by atoms with Crippen LogP contribution in [0.5, 0.6) is 0 Å². The minimum Gasteiger partial charge on any atom is -0.460 e. The summed E-state index contributed by atoms with van der Waals surface area (Å²) in [6.45, 7) is 11.0. The second-order valence-corrected chi connectivity index (χ2v) is 9.79. The standard InChI is InChI=1S/C24H39N3O7/c1-23(2,3)33-20(30)12-11-19(21(31)34-24(4,5)6)26-22(32)25-17-7-9-18(10-8-17)27(13-15-28)14-16-29/h7-10,19,28-29H,11-16H2,1-6H3,(H2,25,26,32). The molecule has 4 N–H and O–H groups in total. The number of aliphatic hydroxyl groups excluding tert-OH is 2. The number of esters is 2. The fourth-order valence-corrected chi connectivity index (χ4v) is 2.97. The van der Waals surface area contributed by atoms with Crippen LogP contribution in [0.15, 0.2) is 24.3 Å². The number of ether oxygens (including phenoxy) is 2. The number of urea groups is 1. The highest BCUT2D eigenvalue weighted by atomic mass is 16.6. The van der Waals surface area contributed by atoms with Crippen molar-refractivity contribution in [2.75, 3.05) is 36.5 Å². The predicted molar refractivity (Wildman–Crippen MR) is 130 cm³/mol. The van der Waals surface area contributed by atoms with Crippen molar-refractivity contribution in [2.24, 2.45) is 0 Å². The van der Waals surface area contributed by atoms with E-state index in [1.165, 1.54) is 0 Å². The number of carbonyl (C=O) groups is 3. The maximum atomic E-state index is 12.6. The zero-order valence-corrected chi connectivity index (χ0v) is 21.0. The molecule has 0 spiro atoms. The van der Waals surface area contributed by atoms with E-state index in [9.17, 15) is 24.6 Å². The predicted octanol–water partition coefficient (Wildman–Crippen LogP) is 2.43. The second-order valence-electron chi connectivity index (χ2n) is 9.79. The first kappa shape index (κ1) is 29.2. The number of nitrogens with zero attached hydrogens (tertiary/aromatic N) is 1. The molecule has 0 bridgehead atoms. The van der Waals surface area contributed by atoms with E-state index in [2.05, 4.69) is 10.6 Å². The fourth-order valence-electron chi connectivity index (χ4n) is 2.97. The second kappa shape index (κ2) is 13.1. The molecule has 0 aromatic heterocycles. The Morgan fingerprint density at radius 3 is 1.91 bits per heavy atom. The number of hydrogen-bond acceptors (Lipinski definition) is 8. The van der Waals surface area contributed by atoms with Crippen molar-refractivity contribution in [2.45, 2.75) is 71.6 Å². The molecule has 0 aliphatic rings. The van der Waals surface area contributed by atoms with Gasteiger partial charge in [-0.2, -0.15) is 0 Å². The van der Waals surface area contributed by atoms with Crippen molar-refractivity contribution in [3.8, 4) is 0 Å². The molecule has 0 radical (unpaired) electrons. The van der Waals surface area contributed by atoms with Crippen LogP contribution in [0.2, 0.25) is 0 Å². The number of benzene rings is 1. The van der Waals surface area contributed by atoms with Gasteiger partial charge in [-0.3, -0.25) is 4.79 Å². The van der Waals surface area contributed by atoms with Gasteiger partial charge in [-0.1, -0.05) is 0 Å². The normalized spacial score (nSPS) is 12.5. The Morgan fingerprint density at radius 1 is 0.912 bits per heavy atom. The first-order valence-electron chi connectivity index (χ1n) is 11.3. The summed E-state index contributed by atoms with van der Waals surface area (Å²) in [7, 11) is 0. The number of carbonyl (C=O) groups excluding carboxylic acids is 3. The summed E-state index contributed by atoms with van der Waals surface area (Å²) in [5.41, 5.74) is -0.161. The summed E-state index contributed by atoms with van der Waals surface area (Å²) in [4.78, 5) is 39.1. The van der Waals surface area contributed by atoms with Crippen molar-refractivity contribution in [3.63, 3.8) is 0 Å². The highest BCUT2D eigenvalue weighted by molar-refractivity contribution is 5.93. The molecule has 34 heavy (non-hydrogen) atoms. The number of nitrogens with one attached hydrogen (secondary N) is 2. The van der Waals surface area contributed by atoms with Crippen LogP contribution in [-0.4, -0.2) is 71.7 Å². The van der Waals surface area contributed by atoms with Gasteiger partial charge in [-0.25, -0.2) is 9.59 Å². The lowest BCUT2D eigenvalue weighted by Crippen LogP contribution is -2.46. The van der Waals surface area contributed by atoms with Crippen LogP contribution in [0.25, 0.3) is 0 Å². The Balaban J connectivity index is 2.82. The monoisotopic (exact) mass is 481 g/mol. The van der Waals surface area contributed by atoms with Crippen LogP contribution in [0.3, 0.4) is 0 Å². The minimum absolute atomic E-state index is 0.0213. The number of amides is 2. The Hall–Kier alpha value is -2.85. The van der Waals surface area contributed by atoms with Crippen LogP contribution < -0.4 is 15.5 Å². The average Bonchev–Trinajstić information content (AvgIpc) is 2.69. The average molecular weight is 482 g/mol. The van der Waals surface area contributed by atoms with Crippen LogP contribution in [0.1, 0.15) is 54.4 Å². The van der Waals surface area contributed by atoms with Gasteiger partial charge in [-0.05, 0) is 72.2 Å². The maximum absolute atomic E-state index is 12.6. The molecule has 1 unspecified atom stereocenters. The number of aliphatic hydroxyl groups is 2. The third-order valence-corrected chi connectivity index (χ3v) is 4.28. The molecule has 1 atom stereocenters. The SMILES string of the molecule is CC(C)(C)OC(=O)CCC(NC(=O)Nc1ccc(N(CCO)CCO)cc1)C(=O)OC(C)(C)C. The van der Waals surface area contributed by atoms with E-state index in [-0.39, 0.29) is 26.1 Å². The van der Waals surface area contributed by atoms with Gasteiger partial charge < -0.3 is 35.2 Å². The summed E-state index contributed by atoms with van der Waals surface area (Å²) < 4.78 is 10.7. The first-order valence-corrected chi connectivity index (χ1v) is 11.3. The zero-order chi connectivity index (χ0) is 25.9. The molecule has 1 aromatic carbocycles. The van der Waals surface area contributed by atoms with E-state index in [0.717, 1.165) is 5.69 Å². The summed E-state index contributed by atoms with van der Waals surface area (Å²) in [5.74, 6) is -1.13. The Labute approximate surface area is 201 Å². The van der Waals surface area contributed by atoms with Gasteiger partial charge in [0.25, 0.3) is 0 Å². The summed E-state index contributed by atoms with van der Waals surface area (Å²) in [6.07, 6.45) is -0.0465. The van der Waals surface area contributed by atoms with Crippen LogP contribution >= 0.6 is 0 Å². The molecule has 0 fully saturated rings. The van der Waals surface area contributed by atoms with Gasteiger partial charge in [0.05, 0.1) is 13.2 Å². The van der Waals surface area contributed by atoms with E-state index in [1.807, 2.05) is 0 Å². The smallest absolute Gasteiger partial charge is 0.329 e. The van der Waals surface area contributed by atoms with E-state index in [0.29, 0.717) is 18.8 Å². The Bertz CT molecular complexity index is 792. The lowest BCUT2D eigenvalue weighted by atomic mass is 10.1. The molecule has 0 aliphatic heterocycles. The van der Waals surface area contributed by atoms with Crippen molar-refractivity contribution < 1.29 is 34.1 Å². The quantitative estimate of drug-likeness (QED) is 0.354. The number of hydrogen-bond donors (Lipinski definition) is 4. The Morgan fingerprint density at radius 2 is 1.44 bits per heavy atom. The lowest BCUT2D eigenvalue weighted by Gasteiger charge is -2.25. The Kier molecular flexibility index (Phi) is 11.3. The van der Waals surface area contributed by atoms with Crippen LogP contribution in [-0.2, 0) is 19.1 Å². The molecule has 10 heteroatoms. The molecule has 0 aliphatic carbocycles. The van der Waals surface area contributed by atoms with Gasteiger partial charge >= 0.3 is 18.0 Å². The topological polar surface area (TPSA) is 137 Å². The van der Waals surface area contributed by atoms with Crippen LogP contribution in [0.4, 0.5) is 16.2 Å². The molecule has 10 nitrogen and oxygen atoms in total. The van der Waals surface area contributed by atoms with E-state index in [1.54, 1.807) is 70.7 Å². The summed E-state index contributed by atoms with van der Waals surface area (Å²) in [6, 6.07) is 5.15. The van der Waals surface area contributed by atoms with Crippen molar-refractivity contribution >= 4 is 29.3 Å². The molecule has 0 heterocycles. The maximum Gasteiger partial charge on any atom is 0.329 e. The first-order chi connectivity index (χ1) is 15.7. The number of rotatable bonds is 11. The van der Waals surface area contributed by atoms with Gasteiger partial charge in [0.15, 0.2) is 0 Å². The molecule has 1 rings (SSSR count). The van der Waals surface area contributed by atoms with Crippen molar-refractivity contribution in [1.82, 2.24) is 5.32 Å². The van der Waals surface area contributed by atoms with Crippen molar-refractivity contribution in [1.29, 1.82) is 0 Å². The summed E-state index contributed by atoms with van der Waals surface area (Å²) in [5, 5.41) is 23.6. The van der Waals surface area contributed by atoms with Crippen molar-refractivity contribution in [3.05, 3.63) is 24.3 Å². The largest absolute Gasteiger partial charge is 0.460 e. The van der Waals surface area contributed by atoms with Crippen LogP contribution in [0, 0.1) is 0 Å². The number of anilines is 2. The molecule has 0 saturated heterocycles. The zero-order valence-electron chi connectivity index (χ0n) is 21.0. The van der Waals surface area contributed by atoms with E-state index >= 15 is 0 Å². The lowest BCUT2D eigenvalue weighted by molar-refractivity contribution is -0.158.